The van der Waals surface area contributed by atoms with Crippen molar-refractivity contribution < 1.29 is 27.4 Å². The van der Waals surface area contributed by atoms with Gasteiger partial charge in [0.1, 0.15) is 11.5 Å². The minimum atomic E-state index is -4.86. The summed E-state index contributed by atoms with van der Waals surface area (Å²) in [6, 6.07) is 8.28. The van der Waals surface area contributed by atoms with Crippen molar-refractivity contribution in [1.82, 2.24) is 9.78 Å². The Hall–Kier alpha value is -2.91. The quantitative estimate of drug-likeness (QED) is 0.549. The SMILES string of the molecule is COc1cc(NC(=O)c2cnn(-c3ccc(Cl)cc3)c2C(F)(F)F)c(OC)cc1Cl. The highest BCUT2D eigenvalue weighted by Gasteiger charge is 2.40. The van der Waals surface area contributed by atoms with Gasteiger partial charge in [-0.3, -0.25) is 4.79 Å². The highest BCUT2D eigenvalue weighted by atomic mass is 35.5. The molecule has 2 aromatic carbocycles. The average Bonchev–Trinajstić information content (AvgIpc) is 3.15. The first-order valence-corrected chi connectivity index (χ1v) is 9.05. The number of halogens is 5. The van der Waals surface area contributed by atoms with E-state index in [1.165, 1.54) is 50.6 Å². The number of carbonyl (C=O) groups excluding carboxylic acids is 1. The first-order chi connectivity index (χ1) is 14.2. The minimum Gasteiger partial charge on any atom is -0.495 e. The molecule has 1 amide bonds. The molecule has 0 bridgehead atoms. The summed E-state index contributed by atoms with van der Waals surface area (Å²) in [5.74, 6) is -0.682. The molecule has 6 nitrogen and oxygen atoms in total. The van der Waals surface area contributed by atoms with Crippen molar-refractivity contribution in [2.24, 2.45) is 0 Å². The van der Waals surface area contributed by atoms with E-state index in [1.807, 2.05) is 0 Å². The van der Waals surface area contributed by atoms with Crippen LogP contribution in [0.1, 0.15) is 16.1 Å². The van der Waals surface area contributed by atoms with Crippen LogP contribution in [0, 0.1) is 0 Å². The third-order valence-corrected chi connectivity index (χ3v) is 4.62. The van der Waals surface area contributed by atoms with Crippen LogP contribution >= 0.6 is 23.2 Å². The third kappa shape index (κ3) is 4.31. The number of hydrogen-bond donors (Lipinski definition) is 1. The van der Waals surface area contributed by atoms with E-state index in [9.17, 15) is 18.0 Å². The molecule has 0 radical (unpaired) electrons. The number of nitrogens with zero attached hydrogens (tertiary/aromatic N) is 2. The fourth-order valence-electron chi connectivity index (χ4n) is 2.71. The largest absolute Gasteiger partial charge is 0.495 e. The van der Waals surface area contributed by atoms with E-state index in [-0.39, 0.29) is 27.9 Å². The van der Waals surface area contributed by atoms with Gasteiger partial charge in [-0.15, -0.1) is 0 Å². The number of methoxy groups -OCH3 is 2. The number of hydrogen-bond acceptors (Lipinski definition) is 4. The molecule has 3 rings (SSSR count). The minimum absolute atomic E-state index is 0.0797. The zero-order valence-corrected chi connectivity index (χ0v) is 17.1. The smallest absolute Gasteiger partial charge is 0.434 e. The Labute approximate surface area is 179 Å². The number of ether oxygens (including phenoxy) is 2. The Morgan fingerprint density at radius 2 is 1.70 bits per heavy atom. The summed E-state index contributed by atoms with van der Waals surface area (Å²) in [5, 5.41) is 6.70. The molecule has 1 aromatic heterocycles. The standard InChI is InChI=1S/C19H14Cl2F3N3O3/c1-29-15-8-14(16(30-2)7-13(15)21)26-18(28)12-9-25-27(17(12)19(22,23)24)11-5-3-10(20)4-6-11/h3-9H,1-2H3,(H,26,28). The summed E-state index contributed by atoms with van der Waals surface area (Å²) in [6.07, 6.45) is -4.02. The van der Waals surface area contributed by atoms with Crippen molar-refractivity contribution >= 4 is 34.8 Å². The van der Waals surface area contributed by atoms with Crippen LogP contribution in [-0.2, 0) is 6.18 Å². The molecule has 0 atom stereocenters. The highest BCUT2D eigenvalue weighted by Crippen LogP contribution is 2.37. The van der Waals surface area contributed by atoms with Crippen molar-refractivity contribution in [3.63, 3.8) is 0 Å². The fourth-order valence-corrected chi connectivity index (χ4v) is 3.07. The van der Waals surface area contributed by atoms with Crippen LogP contribution in [0.4, 0.5) is 18.9 Å². The number of rotatable bonds is 5. The number of nitrogens with one attached hydrogen (secondary N) is 1. The van der Waals surface area contributed by atoms with Gasteiger partial charge in [0, 0.05) is 17.2 Å². The highest BCUT2D eigenvalue weighted by molar-refractivity contribution is 6.32. The Morgan fingerprint density at radius 3 is 2.27 bits per heavy atom. The van der Waals surface area contributed by atoms with Crippen LogP contribution in [-0.4, -0.2) is 29.9 Å². The third-order valence-electron chi connectivity index (χ3n) is 4.08. The maximum Gasteiger partial charge on any atom is 0.434 e. The van der Waals surface area contributed by atoms with Gasteiger partial charge in [-0.1, -0.05) is 23.2 Å². The molecule has 0 spiro atoms. The Morgan fingerprint density at radius 1 is 1.07 bits per heavy atom. The number of carbonyl (C=O) groups is 1. The maximum absolute atomic E-state index is 13.8. The van der Waals surface area contributed by atoms with Crippen LogP contribution < -0.4 is 14.8 Å². The fraction of sp³-hybridized carbons (Fsp3) is 0.158. The van der Waals surface area contributed by atoms with E-state index in [1.54, 1.807) is 0 Å². The molecule has 11 heteroatoms. The van der Waals surface area contributed by atoms with E-state index in [2.05, 4.69) is 10.4 Å². The predicted octanol–water partition coefficient (Wildman–Crippen LogP) is 5.47. The van der Waals surface area contributed by atoms with Gasteiger partial charge in [-0.25, -0.2) is 4.68 Å². The Bertz CT molecular complexity index is 1080. The molecule has 0 aliphatic carbocycles. The molecular formula is C19H14Cl2F3N3O3. The van der Waals surface area contributed by atoms with Crippen LogP contribution in [0.25, 0.3) is 5.69 Å². The molecule has 0 saturated carbocycles. The summed E-state index contributed by atoms with van der Waals surface area (Å²) in [5.41, 5.74) is -1.73. The summed E-state index contributed by atoms with van der Waals surface area (Å²) < 4.78 is 52.2. The number of alkyl halides is 3. The van der Waals surface area contributed by atoms with Crippen molar-refractivity contribution in [1.29, 1.82) is 0 Å². The van der Waals surface area contributed by atoms with Crippen LogP contribution in [0.2, 0.25) is 10.0 Å². The molecule has 1 heterocycles. The lowest BCUT2D eigenvalue weighted by atomic mass is 10.2. The summed E-state index contributed by atoms with van der Waals surface area (Å²) in [4.78, 5) is 12.7. The topological polar surface area (TPSA) is 65.4 Å². The molecule has 1 N–H and O–H groups in total. The zero-order chi connectivity index (χ0) is 22.1. The Balaban J connectivity index is 2.04. The molecular weight excluding hydrogens is 446 g/mol. The first kappa shape index (κ1) is 21.8. The van der Waals surface area contributed by atoms with E-state index >= 15 is 0 Å². The lowest BCUT2D eigenvalue weighted by molar-refractivity contribution is -0.143. The van der Waals surface area contributed by atoms with Gasteiger partial charge in [-0.2, -0.15) is 18.3 Å². The number of benzene rings is 2. The normalized spacial score (nSPS) is 11.3. The second kappa shape index (κ2) is 8.45. The summed E-state index contributed by atoms with van der Waals surface area (Å²) >= 11 is 11.8. The number of amides is 1. The molecule has 30 heavy (non-hydrogen) atoms. The number of aromatic nitrogens is 2. The lowest BCUT2D eigenvalue weighted by Gasteiger charge is -2.15. The van der Waals surface area contributed by atoms with Gasteiger partial charge in [-0.05, 0) is 24.3 Å². The van der Waals surface area contributed by atoms with Gasteiger partial charge in [0.2, 0.25) is 0 Å². The van der Waals surface area contributed by atoms with Crippen molar-refractivity contribution in [2.45, 2.75) is 6.18 Å². The van der Waals surface area contributed by atoms with E-state index in [4.69, 9.17) is 32.7 Å². The van der Waals surface area contributed by atoms with Crippen LogP contribution in [0.5, 0.6) is 11.5 Å². The van der Waals surface area contributed by atoms with Crippen molar-refractivity contribution in [2.75, 3.05) is 19.5 Å². The van der Waals surface area contributed by atoms with E-state index in [0.29, 0.717) is 9.70 Å². The zero-order valence-electron chi connectivity index (χ0n) is 15.6. The molecule has 0 fully saturated rings. The van der Waals surface area contributed by atoms with Crippen molar-refractivity contribution in [3.8, 4) is 17.2 Å². The van der Waals surface area contributed by atoms with Crippen LogP contribution in [0.15, 0.2) is 42.6 Å². The molecule has 0 unspecified atom stereocenters. The van der Waals surface area contributed by atoms with Crippen LogP contribution in [0.3, 0.4) is 0 Å². The predicted molar refractivity (Wildman–Crippen MR) is 106 cm³/mol. The Kier molecular flexibility index (Phi) is 6.14. The van der Waals surface area contributed by atoms with E-state index < -0.39 is 23.3 Å². The second-order valence-corrected chi connectivity index (χ2v) is 6.78. The molecule has 3 aromatic rings. The van der Waals surface area contributed by atoms with Gasteiger partial charge >= 0.3 is 6.18 Å². The molecule has 0 saturated heterocycles. The van der Waals surface area contributed by atoms with Gasteiger partial charge < -0.3 is 14.8 Å². The van der Waals surface area contributed by atoms with Gasteiger partial charge in [0.15, 0.2) is 5.69 Å². The monoisotopic (exact) mass is 459 g/mol. The van der Waals surface area contributed by atoms with Gasteiger partial charge in [0.25, 0.3) is 5.91 Å². The summed E-state index contributed by atoms with van der Waals surface area (Å²) in [6.45, 7) is 0. The maximum atomic E-state index is 13.8. The number of anilines is 1. The lowest BCUT2D eigenvalue weighted by Crippen LogP contribution is -2.21. The molecule has 158 valence electrons. The van der Waals surface area contributed by atoms with Crippen molar-refractivity contribution in [3.05, 3.63) is 63.9 Å². The van der Waals surface area contributed by atoms with Gasteiger partial charge in [0.05, 0.1) is 42.4 Å². The second-order valence-electron chi connectivity index (χ2n) is 5.93. The van der Waals surface area contributed by atoms with E-state index in [0.717, 1.165) is 6.20 Å². The molecule has 0 aliphatic rings. The molecule has 0 aliphatic heterocycles. The first-order valence-electron chi connectivity index (χ1n) is 8.29. The average molecular weight is 460 g/mol. The summed E-state index contributed by atoms with van der Waals surface area (Å²) in [7, 11) is 2.69.